The van der Waals surface area contributed by atoms with Gasteiger partial charge in [-0.25, -0.2) is 0 Å². The van der Waals surface area contributed by atoms with Crippen molar-refractivity contribution in [1.29, 1.82) is 0 Å². The number of benzene rings is 2. The molecule has 2 aromatic rings. The Bertz CT molecular complexity index is 693. The van der Waals surface area contributed by atoms with Crippen molar-refractivity contribution < 1.29 is 14.3 Å². The molecular formula is C20H23NO3. The number of para-hydroxylation sites is 2. The maximum atomic E-state index is 12.4. The Hall–Kier alpha value is -2.33. The molecular weight excluding hydrogens is 302 g/mol. The monoisotopic (exact) mass is 325 g/mol. The average molecular weight is 325 g/mol. The number of anilines is 1. The third kappa shape index (κ3) is 4.36. The predicted molar refractivity (Wildman–Crippen MR) is 94.4 cm³/mol. The molecule has 1 atom stereocenters. The topological polar surface area (TPSA) is 47.6 Å². The van der Waals surface area contributed by atoms with Gasteiger partial charge in [0, 0.05) is 6.61 Å². The third-order valence-electron chi connectivity index (χ3n) is 4.22. The van der Waals surface area contributed by atoms with E-state index in [2.05, 4.69) is 5.32 Å². The number of hydrogen-bond acceptors (Lipinski definition) is 3. The smallest absolute Gasteiger partial charge is 0.228 e. The number of rotatable bonds is 6. The van der Waals surface area contributed by atoms with Gasteiger partial charge in [-0.05, 0) is 43.0 Å². The summed E-state index contributed by atoms with van der Waals surface area (Å²) in [5.74, 6) is 0.642. The van der Waals surface area contributed by atoms with Gasteiger partial charge < -0.3 is 14.8 Å². The van der Waals surface area contributed by atoms with Crippen molar-refractivity contribution in [2.24, 2.45) is 0 Å². The van der Waals surface area contributed by atoms with Crippen LogP contribution in [0, 0.1) is 6.92 Å². The molecule has 1 aliphatic heterocycles. The van der Waals surface area contributed by atoms with Gasteiger partial charge >= 0.3 is 0 Å². The summed E-state index contributed by atoms with van der Waals surface area (Å²) in [7, 11) is 0. The first-order valence-electron chi connectivity index (χ1n) is 8.40. The van der Waals surface area contributed by atoms with E-state index in [1.165, 1.54) is 0 Å². The summed E-state index contributed by atoms with van der Waals surface area (Å²) >= 11 is 0. The molecule has 126 valence electrons. The zero-order valence-corrected chi connectivity index (χ0v) is 14.0. The van der Waals surface area contributed by atoms with E-state index in [0.717, 1.165) is 30.6 Å². The molecule has 1 aliphatic rings. The predicted octanol–water partition coefficient (Wildman–Crippen LogP) is 3.73. The van der Waals surface area contributed by atoms with E-state index in [0.29, 0.717) is 24.5 Å². The van der Waals surface area contributed by atoms with Crippen molar-refractivity contribution in [3.8, 4) is 5.75 Å². The minimum Gasteiger partial charge on any atom is -0.489 e. The molecule has 4 heteroatoms. The molecule has 0 unspecified atom stereocenters. The molecule has 0 bridgehead atoms. The Morgan fingerprint density at radius 1 is 1.21 bits per heavy atom. The lowest BCUT2D eigenvalue weighted by Gasteiger charge is -2.15. The molecule has 0 radical (unpaired) electrons. The minimum atomic E-state index is -0.0440. The molecule has 1 heterocycles. The van der Waals surface area contributed by atoms with Crippen LogP contribution in [0.5, 0.6) is 5.75 Å². The SMILES string of the molecule is Cc1ccccc1CC(=O)Nc1ccccc1OC[C@H]1CCCO1. The molecule has 3 rings (SSSR count). The van der Waals surface area contributed by atoms with Gasteiger partial charge in [-0.1, -0.05) is 36.4 Å². The van der Waals surface area contributed by atoms with Crippen molar-refractivity contribution in [2.45, 2.75) is 32.3 Å². The van der Waals surface area contributed by atoms with Crippen LogP contribution < -0.4 is 10.1 Å². The zero-order valence-electron chi connectivity index (χ0n) is 14.0. The summed E-state index contributed by atoms with van der Waals surface area (Å²) in [5, 5.41) is 2.96. The van der Waals surface area contributed by atoms with E-state index in [-0.39, 0.29) is 12.0 Å². The number of ether oxygens (including phenoxy) is 2. The summed E-state index contributed by atoms with van der Waals surface area (Å²) in [4.78, 5) is 12.4. The molecule has 1 amide bonds. The summed E-state index contributed by atoms with van der Waals surface area (Å²) in [6.45, 7) is 3.34. The maximum Gasteiger partial charge on any atom is 0.228 e. The van der Waals surface area contributed by atoms with E-state index in [4.69, 9.17) is 9.47 Å². The second-order valence-corrected chi connectivity index (χ2v) is 6.09. The van der Waals surface area contributed by atoms with Crippen molar-refractivity contribution in [2.75, 3.05) is 18.5 Å². The van der Waals surface area contributed by atoms with E-state index in [1.54, 1.807) is 0 Å². The van der Waals surface area contributed by atoms with Crippen molar-refractivity contribution in [3.63, 3.8) is 0 Å². The van der Waals surface area contributed by atoms with E-state index in [9.17, 15) is 4.79 Å². The summed E-state index contributed by atoms with van der Waals surface area (Å²) < 4.78 is 11.4. The molecule has 24 heavy (non-hydrogen) atoms. The molecule has 1 fully saturated rings. The standard InChI is InChI=1S/C20H23NO3/c1-15-7-2-3-8-16(15)13-20(22)21-18-10-4-5-11-19(18)24-14-17-9-6-12-23-17/h2-5,7-8,10-11,17H,6,9,12-14H2,1H3,(H,21,22)/t17-/m1/s1. The van der Waals surface area contributed by atoms with Crippen molar-refractivity contribution in [3.05, 3.63) is 59.7 Å². The zero-order chi connectivity index (χ0) is 16.8. The minimum absolute atomic E-state index is 0.0440. The van der Waals surface area contributed by atoms with Crippen LogP contribution in [-0.2, 0) is 16.0 Å². The van der Waals surface area contributed by atoms with Gasteiger partial charge in [0.05, 0.1) is 18.2 Å². The first kappa shape index (κ1) is 16.5. The number of amides is 1. The van der Waals surface area contributed by atoms with Crippen LogP contribution in [0.15, 0.2) is 48.5 Å². The maximum absolute atomic E-state index is 12.4. The average Bonchev–Trinajstić information content (AvgIpc) is 3.10. The van der Waals surface area contributed by atoms with Crippen LogP contribution in [-0.4, -0.2) is 25.2 Å². The van der Waals surface area contributed by atoms with Crippen molar-refractivity contribution >= 4 is 11.6 Å². The first-order valence-corrected chi connectivity index (χ1v) is 8.40. The molecule has 0 aliphatic carbocycles. The fraction of sp³-hybridized carbons (Fsp3) is 0.350. The second-order valence-electron chi connectivity index (χ2n) is 6.09. The molecule has 2 aromatic carbocycles. The fourth-order valence-electron chi connectivity index (χ4n) is 2.83. The Kier molecular flexibility index (Phi) is 5.49. The van der Waals surface area contributed by atoms with Crippen LogP contribution in [0.1, 0.15) is 24.0 Å². The van der Waals surface area contributed by atoms with Gasteiger partial charge in [0.2, 0.25) is 5.91 Å². The highest BCUT2D eigenvalue weighted by atomic mass is 16.5. The molecule has 1 N–H and O–H groups in total. The summed E-state index contributed by atoms with van der Waals surface area (Å²) in [5.41, 5.74) is 2.86. The van der Waals surface area contributed by atoms with Gasteiger partial charge in [-0.2, -0.15) is 0 Å². The normalized spacial score (nSPS) is 16.8. The Morgan fingerprint density at radius 2 is 2.00 bits per heavy atom. The highest BCUT2D eigenvalue weighted by Gasteiger charge is 2.17. The largest absolute Gasteiger partial charge is 0.489 e. The molecule has 4 nitrogen and oxygen atoms in total. The van der Waals surface area contributed by atoms with E-state index in [1.807, 2.05) is 55.5 Å². The second kappa shape index (κ2) is 7.97. The van der Waals surface area contributed by atoms with E-state index >= 15 is 0 Å². The van der Waals surface area contributed by atoms with Crippen LogP contribution in [0.25, 0.3) is 0 Å². The number of carbonyl (C=O) groups is 1. The third-order valence-corrected chi connectivity index (χ3v) is 4.22. The lowest BCUT2D eigenvalue weighted by molar-refractivity contribution is -0.115. The van der Waals surface area contributed by atoms with Crippen molar-refractivity contribution in [1.82, 2.24) is 0 Å². The Labute approximate surface area is 142 Å². The molecule has 0 aromatic heterocycles. The van der Waals surface area contributed by atoms with Gasteiger partial charge in [0.25, 0.3) is 0 Å². The lowest BCUT2D eigenvalue weighted by atomic mass is 10.1. The van der Waals surface area contributed by atoms with Gasteiger partial charge in [-0.15, -0.1) is 0 Å². The lowest BCUT2D eigenvalue weighted by Crippen LogP contribution is -2.19. The number of hydrogen-bond donors (Lipinski definition) is 1. The molecule has 0 spiro atoms. The van der Waals surface area contributed by atoms with Gasteiger partial charge in [0.1, 0.15) is 12.4 Å². The summed E-state index contributed by atoms with van der Waals surface area (Å²) in [6.07, 6.45) is 2.62. The highest BCUT2D eigenvalue weighted by Crippen LogP contribution is 2.25. The Morgan fingerprint density at radius 3 is 2.79 bits per heavy atom. The van der Waals surface area contributed by atoms with Crippen LogP contribution >= 0.6 is 0 Å². The Balaban J connectivity index is 1.61. The molecule has 1 saturated heterocycles. The molecule has 0 saturated carbocycles. The van der Waals surface area contributed by atoms with Crippen LogP contribution in [0.3, 0.4) is 0 Å². The van der Waals surface area contributed by atoms with Gasteiger partial charge in [0.15, 0.2) is 0 Å². The highest BCUT2D eigenvalue weighted by molar-refractivity contribution is 5.93. The number of aryl methyl sites for hydroxylation is 1. The number of carbonyl (C=O) groups excluding carboxylic acids is 1. The van der Waals surface area contributed by atoms with Crippen LogP contribution in [0.2, 0.25) is 0 Å². The van der Waals surface area contributed by atoms with Gasteiger partial charge in [-0.3, -0.25) is 4.79 Å². The summed E-state index contributed by atoms with van der Waals surface area (Å²) in [6, 6.07) is 15.5. The number of nitrogens with one attached hydrogen (secondary N) is 1. The van der Waals surface area contributed by atoms with E-state index < -0.39 is 0 Å². The van der Waals surface area contributed by atoms with Crippen LogP contribution in [0.4, 0.5) is 5.69 Å². The fourth-order valence-corrected chi connectivity index (χ4v) is 2.83. The quantitative estimate of drug-likeness (QED) is 0.880. The first-order chi connectivity index (χ1) is 11.7.